The average molecular weight is 1330 g/mol. The highest BCUT2D eigenvalue weighted by Gasteiger charge is 2.72. The Balaban J connectivity index is 0.785. The van der Waals surface area contributed by atoms with E-state index in [4.69, 9.17) is 56.8 Å². The molecule has 30 heteroatoms. The molecule has 11 aliphatic rings. The van der Waals surface area contributed by atoms with Crippen LogP contribution in [0.15, 0.2) is 11.6 Å². The largest absolute Gasteiger partial charge is 0.432 e. The van der Waals surface area contributed by atoms with Crippen LogP contribution < -0.4 is 0 Å². The van der Waals surface area contributed by atoms with Gasteiger partial charge in [0.2, 0.25) is 6.29 Å². The van der Waals surface area contributed by atoms with Gasteiger partial charge in [-0.05, 0) is 104 Å². The summed E-state index contributed by atoms with van der Waals surface area (Å²) in [6.07, 6.45) is -34.9. The number of allylic oxidation sites excluding steroid dienone is 2. The summed E-state index contributed by atoms with van der Waals surface area (Å²) in [4.78, 5) is 15.5. The van der Waals surface area contributed by atoms with E-state index < -0.39 is 245 Å². The molecule has 6 heterocycles. The zero-order valence-electron chi connectivity index (χ0n) is 53.0. The van der Waals surface area contributed by atoms with Crippen LogP contribution in [0.25, 0.3) is 0 Å². The van der Waals surface area contributed by atoms with Gasteiger partial charge in [-0.1, -0.05) is 53.2 Å². The van der Waals surface area contributed by atoms with Crippen LogP contribution in [0.4, 0.5) is 0 Å². The maximum absolute atomic E-state index is 15.5. The van der Waals surface area contributed by atoms with E-state index in [1.54, 1.807) is 0 Å². The van der Waals surface area contributed by atoms with Crippen molar-refractivity contribution in [3.63, 3.8) is 0 Å². The first-order valence-electron chi connectivity index (χ1n) is 32.5. The third-order valence-electron chi connectivity index (χ3n) is 24.3. The van der Waals surface area contributed by atoms with E-state index in [2.05, 4.69) is 40.7 Å². The molecule has 35 atom stereocenters. The number of hydrogen-bond donors (Lipinski definition) is 17. The number of ether oxygens (including phenoxy) is 12. The van der Waals surface area contributed by atoms with Crippen molar-refractivity contribution in [2.45, 2.75) is 272 Å². The van der Waals surface area contributed by atoms with Crippen LogP contribution >= 0.6 is 0 Å². The molecule has 35 unspecified atom stereocenters. The molecular formula is C62H100O30. The van der Waals surface area contributed by atoms with Crippen molar-refractivity contribution >= 4 is 5.97 Å². The molecule has 0 radical (unpaired) electrons. The van der Waals surface area contributed by atoms with Gasteiger partial charge in [0, 0.05) is 5.41 Å². The molecule has 4 saturated carbocycles. The van der Waals surface area contributed by atoms with Crippen LogP contribution in [0, 0.1) is 50.2 Å². The van der Waals surface area contributed by atoms with Gasteiger partial charge < -0.3 is 144 Å². The zero-order valence-corrected chi connectivity index (χ0v) is 53.0. The van der Waals surface area contributed by atoms with Gasteiger partial charge in [0.15, 0.2) is 37.6 Å². The van der Waals surface area contributed by atoms with Crippen molar-refractivity contribution in [1.29, 1.82) is 0 Å². The highest BCUT2D eigenvalue weighted by molar-refractivity contribution is 5.79. The lowest BCUT2D eigenvalue weighted by Crippen LogP contribution is -2.70. The number of hydrogen-bond acceptors (Lipinski definition) is 30. The number of aliphatic hydroxyl groups excluding tert-OH is 16. The van der Waals surface area contributed by atoms with E-state index >= 15 is 4.79 Å². The smallest absolute Gasteiger partial charge is 0.315 e. The highest BCUT2D eigenvalue weighted by atomic mass is 16.8. The third-order valence-corrected chi connectivity index (χ3v) is 24.3. The van der Waals surface area contributed by atoms with Gasteiger partial charge in [-0.15, -0.1) is 0 Å². The number of rotatable bonds is 15. The van der Waals surface area contributed by atoms with Crippen molar-refractivity contribution in [1.82, 2.24) is 0 Å². The lowest BCUT2D eigenvalue weighted by atomic mass is 9.33. The molecule has 11 rings (SSSR count). The van der Waals surface area contributed by atoms with Gasteiger partial charge in [0.25, 0.3) is 0 Å². The number of aliphatic hydroxyl groups is 17. The Bertz CT molecular complexity index is 2610. The molecule has 0 aromatic heterocycles. The second kappa shape index (κ2) is 26.3. The summed E-state index contributed by atoms with van der Waals surface area (Å²) in [6, 6.07) is 0. The monoisotopic (exact) mass is 1320 g/mol. The molecule has 528 valence electrons. The van der Waals surface area contributed by atoms with Crippen LogP contribution in [0.5, 0.6) is 0 Å². The summed E-state index contributed by atoms with van der Waals surface area (Å²) in [7, 11) is 0. The van der Waals surface area contributed by atoms with E-state index in [9.17, 15) is 86.8 Å². The van der Waals surface area contributed by atoms with E-state index in [1.807, 2.05) is 6.92 Å². The number of fused-ring (bicyclic) bond motifs is 7. The van der Waals surface area contributed by atoms with Crippen molar-refractivity contribution in [3.05, 3.63) is 11.6 Å². The molecule has 0 amide bonds. The van der Waals surface area contributed by atoms with Crippen LogP contribution in [0.1, 0.15) is 106 Å². The molecule has 30 nitrogen and oxygen atoms in total. The van der Waals surface area contributed by atoms with Crippen LogP contribution in [0.2, 0.25) is 0 Å². The summed E-state index contributed by atoms with van der Waals surface area (Å²) in [6.45, 7) is 10.3. The van der Waals surface area contributed by atoms with Crippen molar-refractivity contribution < 1.29 is 148 Å². The summed E-state index contributed by atoms with van der Waals surface area (Å²) in [5.74, 6) is -1.33. The van der Waals surface area contributed by atoms with Crippen molar-refractivity contribution in [2.24, 2.45) is 50.2 Å². The van der Waals surface area contributed by atoms with E-state index in [-0.39, 0.29) is 29.6 Å². The van der Waals surface area contributed by atoms with Crippen molar-refractivity contribution in [3.8, 4) is 0 Å². The van der Waals surface area contributed by atoms with Crippen LogP contribution in [-0.2, 0) is 61.6 Å². The van der Waals surface area contributed by atoms with Gasteiger partial charge in [-0.2, -0.15) is 0 Å². The maximum atomic E-state index is 15.5. The van der Waals surface area contributed by atoms with Crippen molar-refractivity contribution in [2.75, 3.05) is 46.2 Å². The maximum Gasteiger partial charge on any atom is 0.315 e. The molecule has 10 fully saturated rings. The fraction of sp³-hybridized carbons (Fsp3) is 0.952. The van der Waals surface area contributed by atoms with Crippen LogP contribution in [-0.4, -0.2) is 304 Å². The summed E-state index contributed by atoms with van der Waals surface area (Å²) < 4.78 is 70.6. The SMILES string of the molecule is CC1OC(OC2C(OC(=O)C34CCC(C)(C)CC3C3=CCC5C6(C)CC(O)C(OC7OC(CO)C(O)C(OC8OCC(O)C(O)C8O)C7O)C(C)(CO)C6CCC5(C)C3(C)CC4)OCC(O)C2O)C(O)C(O)C1OC1OCC(O)C(OC2OCC(O)(CO)C2O)C1O. The predicted molar refractivity (Wildman–Crippen MR) is 305 cm³/mol. The molecule has 5 aliphatic carbocycles. The normalized spacial score (nSPS) is 55.3. The minimum Gasteiger partial charge on any atom is -0.432 e. The van der Waals surface area contributed by atoms with Gasteiger partial charge in [0.1, 0.15) is 103 Å². The predicted octanol–water partition coefficient (Wildman–Crippen LogP) is -4.86. The lowest BCUT2D eigenvalue weighted by molar-refractivity contribution is -0.372. The molecule has 0 aromatic rings. The molecule has 0 aromatic carbocycles. The Morgan fingerprint density at radius 2 is 1.13 bits per heavy atom. The summed E-state index contributed by atoms with van der Waals surface area (Å²) in [5, 5.41) is 187. The van der Waals surface area contributed by atoms with E-state index in [0.29, 0.717) is 51.4 Å². The Morgan fingerprint density at radius 3 is 1.79 bits per heavy atom. The van der Waals surface area contributed by atoms with Crippen LogP contribution in [0.3, 0.4) is 0 Å². The second-order valence-corrected chi connectivity index (χ2v) is 30.2. The molecule has 0 spiro atoms. The highest BCUT2D eigenvalue weighted by Crippen LogP contribution is 2.76. The first-order valence-corrected chi connectivity index (χ1v) is 32.5. The fourth-order valence-electron chi connectivity index (χ4n) is 18.5. The number of carbonyl (C=O) groups is 1. The Morgan fingerprint density at radius 1 is 0.543 bits per heavy atom. The van der Waals surface area contributed by atoms with Gasteiger partial charge in [0.05, 0.1) is 70.0 Å². The topological polar surface area (TPSA) is 472 Å². The Hall–Kier alpha value is -1.91. The third kappa shape index (κ3) is 11.9. The molecule has 92 heavy (non-hydrogen) atoms. The van der Waals surface area contributed by atoms with Gasteiger partial charge >= 0.3 is 5.97 Å². The fourth-order valence-corrected chi connectivity index (χ4v) is 18.5. The van der Waals surface area contributed by atoms with Gasteiger partial charge in [-0.3, -0.25) is 4.79 Å². The minimum atomic E-state index is -2.07. The molecular weight excluding hydrogens is 1220 g/mol. The average Bonchev–Trinajstić information content (AvgIpc) is 0.730. The first-order chi connectivity index (χ1) is 43.2. The quantitative estimate of drug-likeness (QED) is 0.0415. The number of carbonyl (C=O) groups excluding carboxylic acids is 1. The second-order valence-electron chi connectivity index (χ2n) is 30.2. The Labute approximate surface area is 532 Å². The zero-order chi connectivity index (χ0) is 66.9. The first kappa shape index (κ1) is 71.4. The molecule has 6 saturated heterocycles. The molecule has 6 aliphatic heterocycles. The summed E-state index contributed by atoms with van der Waals surface area (Å²) >= 11 is 0. The lowest BCUT2D eigenvalue weighted by Gasteiger charge is -2.72. The molecule has 0 bridgehead atoms. The molecule has 17 N–H and O–H groups in total. The van der Waals surface area contributed by atoms with E-state index in [1.165, 1.54) is 6.92 Å². The van der Waals surface area contributed by atoms with E-state index in [0.717, 1.165) is 5.57 Å². The van der Waals surface area contributed by atoms with Gasteiger partial charge in [-0.25, -0.2) is 0 Å². The standard InChI is InChI=1S/C62H100O30/c1-25-43(87-50-41(76)44(31(69)21-82-50)88-54-47(78)62(80,23-65)24-84-54)38(73)40(75)51(85-25)90-46-36(71)30(68)20-83-53(46)92-55(79)61-14-12-56(2,3)16-27(61)26-8-9-34-57(4)17-28(66)48(58(5,22-64)33(57)10-11-60(34,7)59(26,6)13-15-61)91-52-42(77)45(37(72)32(18-63)86-52)89-49-39(74)35(70)29(67)19-81-49/h8,25,27-54,63-78,80H,9-24H2,1-7H3. The summed E-state index contributed by atoms with van der Waals surface area (Å²) in [5.41, 5.74) is -5.06. The Kier molecular flexibility index (Phi) is 20.4. The minimum absolute atomic E-state index is 0.0832. The number of esters is 1.